The highest BCUT2D eigenvalue weighted by molar-refractivity contribution is 6.50. The number of hydrogen-bond donors (Lipinski definition) is 0. The maximum Gasteiger partial charge on any atom is 0.197 e. The first-order valence-corrected chi connectivity index (χ1v) is 7.42. The number of fused-ring (bicyclic) bond motifs is 1. The van der Waals surface area contributed by atoms with Crippen molar-refractivity contribution in [1.82, 2.24) is 19.5 Å². The normalized spacial score (nSPS) is 15.8. The van der Waals surface area contributed by atoms with Crippen molar-refractivity contribution in [3.63, 3.8) is 0 Å². The van der Waals surface area contributed by atoms with Gasteiger partial charge in [-0.2, -0.15) is 0 Å². The van der Waals surface area contributed by atoms with Crippen molar-refractivity contribution in [1.29, 1.82) is 0 Å². The van der Waals surface area contributed by atoms with E-state index in [1.807, 2.05) is 34.3 Å². The minimum absolute atomic E-state index is 0.659. The highest BCUT2D eigenvalue weighted by atomic mass is 16.5. The molecular weight excluding hydrogens is 251 g/mol. The van der Waals surface area contributed by atoms with Gasteiger partial charge < -0.3 is 9.30 Å². The zero-order valence-electron chi connectivity index (χ0n) is 12.5. The quantitative estimate of drug-likeness (QED) is 0.798. The van der Waals surface area contributed by atoms with Crippen molar-refractivity contribution < 1.29 is 4.74 Å². The maximum absolute atomic E-state index is 5.39. The first-order chi connectivity index (χ1) is 9.86. The van der Waals surface area contributed by atoms with Crippen LogP contribution < -0.4 is 5.59 Å². The van der Waals surface area contributed by atoms with Gasteiger partial charge in [-0.15, -0.1) is 0 Å². The molecule has 3 rings (SSSR count). The van der Waals surface area contributed by atoms with Crippen LogP contribution in [0, 0.1) is 5.92 Å². The number of aromatic nitrogens is 4. The summed E-state index contributed by atoms with van der Waals surface area (Å²) >= 11 is 0. The zero-order valence-corrected chi connectivity index (χ0v) is 12.5. The molecule has 1 saturated heterocycles. The first kappa shape index (κ1) is 15.0. The van der Waals surface area contributed by atoms with Gasteiger partial charge in [-0.3, -0.25) is 0 Å². The van der Waals surface area contributed by atoms with Gasteiger partial charge in [0.05, 0.1) is 6.33 Å². The number of nitrogens with zero attached hydrogens (tertiary/aromatic N) is 4. The molecule has 2 aromatic heterocycles. The Morgan fingerprint density at radius 2 is 2.05 bits per heavy atom. The summed E-state index contributed by atoms with van der Waals surface area (Å²) in [6.07, 6.45) is 5.84. The molecule has 0 aliphatic carbocycles. The summed E-state index contributed by atoms with van der Waals surface area (Å²) < 4.78 is 7.50. The molecule has 107 valence electrons. The first-order valence-electron chi connectivity index (χ1n) is 7.42. The van der Waals surface area contributed by atoms with Crippen LogP contribution in [0.5, 0.6) is 0 Å². The summed E-state index contributed by atoms with van der Waals surface area (Å²) in [4.78, 5) is 13.2. The van der Waals surface area contributed by atoms with Gasteiger partial charge in [0.2, 0.25) is 0 Å². The molecule has 0 N–H and O–H groups in total. The SMILES string of the molecule is CC.C[B]c1cnc2ncn(CC3CCOCC3)c2n1. The fraction of sp³-hybridized carbons (Fsp3) is 0.643. The van der Waals surface area contributed by atoms with Crippen molar-refractivity contribution >= 4 is 24.2 Å². The molecule has 1 aliphatic heterocycles. The smallest absolute Gasteiger partial charge is 0.197 e. The fourth-order valence-corrected chi connectivity index (χ4v) is 2.33. The lowest BCUT2D eigenvalue weighted by atomic mass is 9.78. The average Bonchev–Trinajstić information content (AvgIpc) is 2.92. The molecule has 3 heterocycles. The predicted octanol–water partition coefficient (Wildman–Crippen LogP) is 1.66. The van der Waals surface area contributed by atoms with E-state index in [1.165, 1.54) is 0 Å². The molecular formula is C14H22BN4O. The van der Waals surface area contributed by atoms with E-state index in [0.29, 0.717) is 5.92 Å². The van der Waals surface area contributed by atoms with E-state index in [1.54, 1.807) is 6.20 Å². The predicted molar refractivity (Wildman–Crippen MR) is 81.5 cm³/mol. The van der Waals surface area contributed by atoms with Crippen molar-refractivity contribution in [2.45, 2.75) is 40.1 Å². The summed E-state index contributed by atoms with van der Waals surface area (Å²) in [5.41, 5.74) is 2.51. The van der Waals surface area contributed by atoms with Crippen molar-refractivity contribution in [2.75, 3.05) is 13.2 Å². The summed E-state index contributed by atoms with van der Waals surface area (Å²) in [6.45, 7) is 8.67. The molecule has 2 aromatic rings. The van der Waals surface area contributed by atoms with Crippen LogP contribution in [0.4, 0.5) is 0 Å². The lowest BCUT2D eigenvalue weighted by Crippen LogP contribution is -2.21. The Morgan fingerprint density at radius 1 is 1.30 bits per heavy atom. The Kier molecular flexibility index (Phi) is 5.53. The standard InChI is InChI=1S/C12H16BN4O.C2H6/c1-13-10-6-14-11-12(16-10)17(8-15-11)7-9-2-4-18-5-3-9;1-2/h6,8-9H,2-5,7H2,1H3;1-2H3. The summed E-state index contributed by atoms with van der Waals surface area (Å²) in [6, 6.07) is 0. The molecule has 0 amide bonds. The maximum atomic E-state index is 5.39. The third-order valence-electron chi connectivity index (χ3n) is 3.44. The number of rotatable bonds is 3. The van der Waals surface area contributed by atoms with Crippen LogP contribution in [0.25, 0.3) is 11.3 Å². The molecule has 6 heteroatoms. The molecule has 1 aliphatic rings. The largest absolute Gasteiger partial charge is 0.381 e. The van der Waals surface area contributed by atoms with Crippen LogP contribution in [0.3, 0.4) is 0 Å². The van der Waals surface area contributed by atoms with Crippen LogP contribution in [-0.2, 0) is 11.3 Å². The second kappa shape index (κ2) is 7.38. The molecule has 0 spiro atoms. The van der Waals surface area contributed by atoms with E-state index < -0.39 is 0 Å². The topological polar surface area (TPSA) is 52.8 Å². The minimum Gasteiger partial charge on any atom is -0.381 e. The van der Waals surface area contributed by atoms with Crippen molar-refractivity contribution in [3.8, 4) is 0 Å². The monoisotopic (exact) mass is 273 g/mol. The second-order valence-corrected chi connectivity index (χ2v) is 4.68. The van der Waals surface area contributed by atoms with Crippen LogP contribution in [-0.4, -0.2) is 40.0 Å². The minimum atomic E-state index is 0.659. The van der Waals surface area contributed by atoms with E-state index in [4.69, 9.17) is 4.74 Å². The third-order valence-corrected chi connectivity index (χ3v) is 3.44. The Labute approximate surface area is 121 Å². The van der Waals surface area contributed by atoms with Gasteiger partial charge in [0.25, 0.3) is 0 Å². The summed E-state index contributed by atoms with van der Waals surface area (Å²) in [5.74, 6) is 0.659. The van der Waals surface area contributed by atoms with Crippen LogP contribution >= 0.6 is 0 Å². The van der Waals surface area contributed by atoms with Gasteiger partial charge in [0.15, 0.2) is 18.6 Å². The molecule has 0 bridgehead atoms. The summed E-state index contributed by atoms with van der Waals surface area (Å²) in [5, 5.41) is 0. The molecule has 0 atom stereocenters. The zero-order chi connectivity index (χ0) is 14.4. The number of ether oxygens (including phenoxy) is 1. The summed E-state index contributed by atoms with van der Waals surface area (Å²) in [7, 11) is 1.96. The Balaban J connectivity index is 0.000000704. The third kappa shape index (κ3) is 3.36. The number of hydrogen-bond acceptors (Lipinski definition) is 4. The average molecular weight is 273 g/mol. The molecule has 0 aromatic carbocycles. The molecule has 0 saturated carbocycles. The van der Waals surface area contributed by atoms with E-state index >= 15 is 0 Å². The van der Waals surface area contributed by atoms with Gasteiger partial charge >= 0.3 is 0 Å². The van der Waals surface area contributed by atoms with Crippen molar-refractivity contribution in [2.24, 2.45) is 5.92 Å². The molecule has 1 radical (unpaired) electrons. The Morgan fingerprint density at radius 3 is 2.75 bits per heavy atom. The van der Waals surface area contributed by atoms with Gasteiger partial charge in [-0.1, -0.05) is 20.7 Å². The lowest BCUT2D eigenvalue weighted by Gasteiger charge is -2.22. The highest BCUT2D eigenvalue weighted by Crippen LogP contribution is 2.18. The second-order valence-electron chi connectivity index (χ2n) is 4.68. The fourth-order valence-electron chi connectivity index (χ4n) is 2.33. The van der Waals surface area contributed by atoms with Gasteiger partial charge in [0.1, 0.15) is 0 Å². The van der Waals surface area contributed by atoms with Gasteiger partial charge in [-0.25, -0.2) is 15.0 Å². The van der Waals surface area contributed by atoms with Crippen LogP contribution in [0.15, 0.2) is 12.5 Å². The Hall–Kier alpha value is -1.43. The molecule has 5 nitrogen and oxygen atoms in total. The highest BCUT2D eigenvalue weighted by Gasteiger charge is 2.16. The lowest BCUT2D eigenvalue weighted by molar-refractivity contribution is 0.0615. The van der Waals surface area contributed by atoms with E-state index in [9.17, 15) is 0 Å². The molecule has 0 unspecified atom stereocenters. The van der Waals surface area contributed by atoms with Crippen LogP contribution in [0.1, 0.15) is 26.7 Å². The Bertz CT molecular complexity index is 537. The molecule has 1 fully saturated rings. The van der Waals surface area contributed by atoms with E-state index in [2.05, 4.69) is 19.5 Å². The van der Waals surface area contributed by atoms with Crippen LogP contribution in [0.2, 0.25) is 6.82 Å². The molecule has 20 heavy (non-hydrogen) atoms. The van der Waals surface area contributed by atoms with E-state index in [-0.39, 0.29) is 0 Å². The number of imidazole rings is 1. The van der Waals surface area contributed by atoms with Crippen molar-refractivity contribution in [3.05, 3.63) is 12.5 Å². The van der Waals surface area contributed by atoms with E-state index in [0.717, 1.165) is 49.5 Å². The van der Waals surface area contributed by atoms with Gasteiger partial charge in [-0.05, 0) is 18.8 Å². The van der Waals surface area contributed by atoms with Gasteiger partial charge in [0, 0.05) is 31.5 Å².